The van der Waals surface area contributed by atoms with E-state index in [0.29, 0.717) is 22.4 Å². The van der Waals surface area contributed by atoms with Crippen LogP contribution in [0.1, 0.15) is 17.4 Å². The molecule has 0 spiro atoms. The van der Waals surface area contributed by atoms with E-state index in [1.165, 1.54) is 0 Å². The van der Waals surface area contributed by atoms with Gasteiger partial charge in [0.05, 0.1) is 0 Å². The molecular formula is C22H16ClNO2. The van der Waals surface area contributed by atoms with Crippen molar-refractivity contribution in [2.75, 3.05) is 0 Å². The second kappa shape index (κ2) is 7.16. The molecule has 0 saturated heterocycles. The summed E-state index contributed by atoms with van der Waals surface area (Å²) >= 11 is 5.97. The lowest BCUT2D eigenvalue weighted by atomic mass is 10.0. The van der Waals surface area contributed by atoms with Gasteiger partial charge in [0.1, 0.15) is 11.8 Å². The highest BCUT2D eigenvalue weighted by atomic mass is 35.5. The lowest BCUT2D eigenvalue weighted by molar-refractivity contribution is 0.216. The number of aliphatic hydroxyl groups is 1. The van der Waals surface area contributed by atoms with Gasteiger partial charge >= 0.3 is 0 Å². The molecule has 0 aliphatic heterocycles. The van der Waals surface area contributed by atoms with E-state index in [9.17, 15) is 5.11 Å². The molecule has 0 aliphatic rings. The average molecular weight is 362 g/mol. The third-order valence-corrected chi connectivity index (χ3v) is 4.41. The molecule has 0 fully saturated rings. The van der Waals surface area contributed by atoms with E-state index in [0.717, 1.165) is 16.7 Å². The van der Waals surface area contributed by atoms with Crippen LogP contribution < -0.4 is 0 Å². The maximum atomic E-state index is 10.9. The van der Waals surface area contributed by atoms with Crippen molar-refractivity contribution in [3.8, 4) is 22.8 Å². The molecule has 0 bridgehead atoms. The van der Waals surface area contributed by atoms with E-state index < -0.39 is 6.10 Å². The molecule has 1 N–H and O–H groups in total. The van der Waals surface area contributed by atoms with E-state index in [1.807, 2.05) is 72.8 Å². The topological polar surface area (TPSA) is 46.3 Å². The van der Waals surface area contributed by atoms with Gasteiger partial charge in [-0.3, -0.25) is 0 Å². The van der Waals surface area contributed by atoms with Gasteiger partial charge in [0.15, 0.2) is 5.76 Å². The molecule has 4 heteroatoms. The summed E-state index contributed by atoms with van der Waals surface area (Å²) in [4.78, 5) is 4.60. The summed E-state index contributed by atoms with van der Waals surface area (Å²) in [5, 5.41) is 11.5. The third kappa shape index (κ3) is 3.27. The van der Waals surface area contributed by atoms with Gasteiger partial charge < -0.3 is 9.52 Å². The van der Waals surface area contributed by atoms with Gasteiger partial charge in [-0.05, 0) is 29.8 Å². The summed E-state index contributed by atoms with van der Waals surface area (Å²) in [6.07, 6.45) is -0.879. The molecule has 1 atom stereocenters. The fourth-order valence-corrected chi connectivity index (χ4v) is 2.95. The molecule has 0 amide bonds. The quantitative estimate of drug-likeness (QED) is 0.504. The lowest BCUT2D eigenvalue weighted by Crippen LogP contribution is -2.01. The van der Waals surface area contributed by atoms with Gasteiger partial charge in [-0.15, -0.1) is 0 Å². The largest absolute Gasteiger partial charge is 0.436 e. The molecule has 3 nitrogen and oxygen atoms in total. The van der Waals surface area contributed by atoms with Gasteiger partial charge in [0.25, 0.3) is 0 Å². The van der Waals surface area contributed by atoms with E-state index in [-0.39, 0.29) is 0 Å². The summed E-state index contributed by atoms with van der Waals surface area (Å²) in [5.41, 5.74) is 2.93. The molecule has 1 heterocycles. The van der Waals surface area contributed by atoms with Crippen LogP contribution in [0, 0.1) is 0 Å². The predicted octanol–water partition coefficient (Wildman–Crippen LogP) is 5.74. The second-order valence-electron chi connectivity index (χ2n) is 5.92. The van der Waals surface area contributed by atoms with Gasteiger partial charge in [0, 0.05) is 16.1 Å². The Balaban J connectivity index is 1.84. The molecule has 26 heavy (non-hydrogen) atoms. The van der Waals surface area contributed by atoms with E-state index in [4.69, 9.17) is 16.0 Å². The highest BCUT2D eigenvalue weighted by molar-refractivity contribution is 6.30. The van der Waals surface area contributed by atoms with Gasteiger partial charge in [-0.25, -0.2) is 4.98 Å². The Morgan fingerprint density at radius 3 is 2.04 bits per heavy atom. The zero-order valence-electron chi connectivity index (χ0n) is 13.8. The number of aliphatic hydroxyl groups excluding tert-OH is 1. The molecular weight excluding hydrogens is 346 g/mol. The Bertz CT molecular complexity index is 996. The van der Waals surface area contributed by atoms with Crippen molar-refractivity contribution in [3.05, 3.63) is 101 Å². The zero-order chi connectivity index (χ0) is 17.9. The number of benzene rings is 3. The molecule has 0 aliphatic carbocycles. The minimum absolute atomic E-state index is 0.450. The van der Waals surface area contributed by atoms with Crippen LogP contribution in [0.2, 0.25) is 5.02 Å². The maximum Gasteiger partial charge on any atom is 0.227 e. The highest BCUT2D eigenvalue weighted by Gasteiger charge is 2.23. The van der Waals surface area contributed by atoms with Crippen molar-refractivity contribution in [1.29, 1.82) is 0 Å². The summed E-state index contributed by atoms with van der Waals surface area (Å²) in [5.74, 6) is 1.01. The first-order chi connectivity index (χ1) is 12.7. The molecule has 3 aromatic carbocycles. The van der Waals surface area contributed by atoms with Crippen LogP contribution in [-0.2, 0) is 0 Å². The van der Waals surface area contributed by atoms with Crippen molar-refractivity contribution in [1.82, 2.24) is 4.98 Å². The van der Waals surface area contributed by atoms with Gasteiger partial charge in [0.2, 0.25) is 5.89 Å². The second-order valence-corrected chi connectivity index (χ2v) is 6.36. The van der Waals surface area contributed by atoms with Crippen LogP contribution in [-0.4, -0.2) is 10.1 Å². The maximum absolute atomic E-state index is 10.9. The molecule has 1 aromatic heterocycles. The van der Waals surface area contributed by atoms with Crippen molar-refractivity contribution in [2.45, 2.75) is 6.10 Å². The Hall–Kier alpha value is -2.88. The number of hydrogen-bond donors (Lipinski definition) is 1. The van der Waals surface area contributed by atoms with E-state index >= 15 is 0 Å². The van der Waals surface area contributed by atoms with Crippen LogP contribution in [0.3, 0.4) is 0 Å². The summed E-state index contributed by atoms with van der Waals surface area (Å²) in [6.45, 7) is 0. The first-order valence-corrected chi connectivity index (χ1v) is 8.65. The summed E-state index contributed by atoms with van der Waals surface area (Å²) in [7, 11) is 0. The number of oxazole rings is 1. The predicted molar refractivity (Wildman–Crippen MR) is 103 cm³/mol. The summed E-state index contributed by atoms with van der Waals surface area (Å²) in [6, 6.07) is 26.4. The number of rotatable bonds is 4. The van der Waals surface area contributed by atoms with Gasteiger partial charge in [-0.2, -0.15) is 0 Å². The average Bonchev–Trinajstić information content (AvgIpc) is 3.15. The number of aromatic nitrogens is 1. The van der Waals surface area contributed by atoms with Crippen molar-refractivity contribution >= 4 is 11.6 Å². The SMILES string of the molecule is OC(c1ccccc1)c1nc(-c2ccc(Cl)cc2)oc1-c1ccccc1. The van der Waals surface area contributed by atoms with Crippen molar-refractivity contribution in [3.63, 3.8) is 0 Å². The third-order valence-electron chi connectivity index (χ3n) is 4.15. The normalized spacial score (nSPS) is 12.1. The molecule has 128 valence electrons. The monoisotopic (exact) mass is 361 g/mol. The van der Waals surface area contributed by atoms with Crippen LogP contribution in [0.15, 0.2) is 89.3 Å². The summed E-state index contributed by atoms with van der Waals surface area (Å²) < 4.78 is 6.06. The van der Waals surface area contributed by atoms with Crippen molar-refractivity contribution in [2.24, 2.45) is 0 Å². The first-order valence-electron chi connectivity index (χ1n) is 8.27. The Morgan fingerprint density at radius 1 is 0.769 bits per heavy atom. The minimum Gasteiger partial charge on any atom is -0.436 e. The minimum atomic E-state index is -0.879. The molecule has 4 aromatic rings. The number of hydrogen-bond acceptors (Lipinski definition) is 3. The Morgan fingerprint density at radius 2 is 1.38 bits per heavy atom. The Labute approximate surface area is 156 Å². The number of nitrogens with zero attached hydrogens (tertiary/aromatic N) is 1. The Kier molecular flexibility index (Phi) is 4.57. The molecule has 0 radical (unpaired) electrons. The lowest BCUT2D eigenvalue weighted by Gasteiger charge is -2.09. The van der Waals surface area contributed by atoms with Crippen molar-refractivity contribution < 1.29 is 9.52 Å². The fourth-order valence-electron chi connectivity index (χ4n) is 2.82. The first kappa shape index (κ1) is 16.6. The van der Waals surface area contributed by atoms with E-state index in [2.05, 4.69) is 4.98 Å². The smallest absolute Gasteiger partial charge is 0.227 e. The fraction of sp³-hybridized carbons (Fsp3) is 0.0455. The highest BCUT2D eigenvalue weighted by Crippen LogP contribution is 2.35. The van der Waals surface area contributed by atoms with Gasteiger partial charge in [-0.1, -0.05) is 72.3 Å². The van der Waals surface area contributed by atoms with Crippen LogP contribution in [0.25, 0.3) is 22.8 Å². The number of halogens is 1. The molecule has 0 saturated carbocycles. The van der Waals surface area contributed by atoms with E-state index in [1.54, 1.807) is 12.1 Å². The standard InChI is InChI=1S/C22H16ClNO2/c23-18-13-11-17(12-14-18)22-24-19(20(25)15-7-3-1-4-8-15)21(26-22)16-9-5-2-6-10-16/h1-14,20,25H. The van der Waals surface area contributed by atoms with Crippen LogP contribution in [0.5, 0.6) is 0 Å². The zero-order valence-corrected chi connectivity index (χ0v) is 14.6. The van der Waals surface area contributed by atoms with Crippen LogP contribution >= 0.6 is 11.6 Å². The molecule has 4 rings (SSSR count). The molecule has 1 unspecified atom stereocenters. The van der Waals surface area contributed by atoms with Crippen LogP contribution in [0.4, 0.5) is 0 Å².